The zero-order chi connectivity index (χ0) is 23.5. The van der Waals surface area contributed by atoms with Crippen LogP contribution >= 0.6 is 0 Å². The number of likely N-dealkylation sites (tertiary alicyclic amines) is 1. The monoisotopic (exact) mass is 448 g/mol. The summed E-state index contributed by atoms with van der Waals surface area (Å²) in [6.07, 6.45) is 6.29. The minimum atomic E-state index is -0.135. The zero-order valence-electron chi connectivity index (χ0n) is 19.6. The molecule has 2 aromatic heterocycles. The molecule has 170 valence electrons. The first-order chi connectivity index (χ1) is 16.6. The highest BCUT2D eigenvalue weighted by Gasteiger charge is 2.14. The Bertz CT molecular complexity index is 1420. The molecule has 5 rings (SSSR count). The second-order valence-corrected chi connectivity index (χ2v) is 8.93. The molecule has 34 heavy (non-hydrogen) atoms. The number of carbonyl (C=O) groups excluding carboxylic acids is 1. The van der Waals surface area contributed by atoms with Gasteiger partial charge in [-0.25, -0.2) is 4.98 Å². The summed E-state index contributed by atoms with van der Waals surface area (Å²) in [5, 5.41) is 3.05. The van der Waals surface area contributed by atoms with Crippen LogP contribution in [0.15, 0.2) is 67.0 Å². The van der Waals surface area contributed by atoms with Gasteiger partial charge in [0.05, 0.1) is 6.20 Å². The van der Waals surface area contributed by atoms with Gasteiger partial charge in [-0.15, -0.1) is 0 Å². The molecule has 0 spiro atoms. The van der Waals surface area contributed by atoms with E-state index in [0.717, 1.165) is 34.7 Å². The van der Waals surface area contributed by atoms with Gasteiger partial charge in [0.25, 0.3) is 5.91 Å². The molecule has 5 nitrogen and oxygen atoms in total. The summed E-state index contributed by atoms with van der Waals surface area (Å²) in [7, 11) is 0. The van der Waals surface area contributed by atoms with Gasteiger partial charge in [-0.05, 0) is 98.8 Å². The Morgan fingerprint density at radius 3 is 2.68 bits per heavy atom. The summed E-state index contributed by atoms with van der Waals surface area (Å²) in [4.78, 5) is 19.8. The van der Waals surface area contributed by atoms with Crippen LogP contribution in [-0.4, -0.2) is 33.3 Å². The Hall–Kier alpha value is -3.88. The Morgan fingerprint density at radius 2 is 1.85 bits per heavy atom. The summed E-state index contributed by atoms with van der Waals surface area (Å²) in [5.74, 6) is 6.29. The van der Waals surface area contributed by atoms with Crippen molar-refractivity contribution in [2.24, 2.45) is 0 Å². The molecule has 1 aliphatic rings. The maximum atomic E-state index is 13.0. The first-order valence-corrected chi connectivity index (χ1v) is 11.7. The highest BCUT2D eigenvalue weighted by molar-refractivity contribution is 6.04. The number of benzene rings is 2. The number of anilines is 1. The van der Waals surface area contributed by atoms with Gasteiger partial charge in [0, 0.05) is 29.6 Å². The molecule has 1 amide bonds. The standard InChI is InChI=1S/C29H28N4O/c1-21-8-9-24(18-23(21)11-13-27-19-30-28-7-3-4-16-33(27)28)29(34)31-26-12-10-25(22(2)17-26)20-32-14-5-6-15-32/h3-4,7-10,12,16-19H,5-6,14-15,20H2,1-2H3,(H,31,34). The largest absolute Gasteiger partial charge is 0.322 e. The van der Waals surface area contributed by atoms with E-state index >= 15 is 0 Å². The summed E-state index contributed by atoms with van der Waals surface area (Å²) in [5.41, 5.74) is 7.45. The van der Waals surface area contributed by atoms with Crippen LogP contribution in [0, 0.1) is 25.7 Å². The number of pyridine rings is 1. The van der Waals surface area contributed by atoms with Crippen molar-refractivity contribution in [1.29, 1.82) is 0 Å². The summed E-state index contributed by atoms with van der Waals surface area (Å²) in [6.45, 7) is 7.44. The van der Waals surface area contributed by atoms with Crippen LogP contribution in [0.2, 0.25) is 0 Å². The third-order valence-corrected chi connectivity index (χ3v) is 6.44. The van der Waals surface area contributed by atoms with E-state index in [1.165, 1.54) is 37.1 Å². The van der Waals surface area contributed by atoms with Crippen molar-refractivity contribution in [2.75, 3.05) is 18.4 Å². The molecule has 1 saturated heterocycles. The second kappa shape index (κ2) is 9.54. The number of hydrogen-bond donors (Lipinski definition) is 1. The first-order valence-electron chi connectivity index (χ1n) is 11.7. The number of aryl methyl sites for hydroxylation is 2. The predicted octanol–water partition coefficient (Wildman–Crippen LogP) is 5.20. The molecule has 3 heterocycles. The van der Waals surface area contributed by atoms with Crippen molar-refractivity contribution in [3.05, 3.63) is 101 Å². The summed E-state index contributed by atoms with van der Waals surface area (Å²) >= 11 is 0. The number of amides is 1. The Balaban J connectivity index is 1.32. The van der Waals surface area contributed by atoms with Crippen molar-refractivity contribution in [3.63, 3.8) is 0 Å². The van der Waals surface area contributed by atoms with Crippen molar-refractivity contribution < 1.29 is 4.79 Å². The van der Waals surface area contributed by atoms with Gasteiger partial charge in [-0.2, -0.15) is 0 Å². The van der Waals surface area contributed by atoms with Gasteiger partial charge < -0.3 is 5.32 Å². The number of rotatable bonds is 4. The molecule has 5 heteroatoms. The minimum Gasteiger partial charge on any atom is -0.322 e. The van der Waals surface area contributed by atoms with Crippen LogP contribution in [0.5, 0.6) is 0 Å². The van der Waals surface area contributed by atoms with Crippen molar-refractivity contribution in [3.8, 4) is 11.8 Å². The SMILES string of the molecule is Cc1ccc(C(=O)Nc2ccc(CN3CCCC3)c(C)c2)cc1C#Cc1cnc2ccccn12. The first kappa shape index (κ1) is 21.9. The van der Waals surface area contributed by atoms with E-state index in [-0.39, 0.29) is 5.91 Å². The Kier molecular flexibility index (Phi) is 6.16. The lowest BCUT2D eigenvalue weighted by atomic mass is 10.0. The summed E-state index contributed by atoms with van der Waals surface area (Å²) in [6, 6.07) is 17.7. The third kappa shape index (κ3) is 4.73. The molecule has 0 bridgehead atoms. The number of fused-ring (bicyclic) bond motifs is 1. The molecule has 2 aromatic carbocycles. The van der Waals surface area contributed by atoms with Crippen molar-refractivity contribution >= 4 is 17.2 Å². The van der Waals surface area contributed by atoms with E-state index in [4.69, 9.17) is 0 Å². The molecule has 0 aliphatic carbocycles. The van der Waals surface area contributed by atoms with E-state index in [1.807, 2.05) is 60.0 Å². The number of nitrogens with one attached hydrogen (secondary N) is 1. The predicted molar refractivity (Wildman–Crippen MR) is 136 cm³/mol. The maximum Gasteiger partial charge on any atom is 0.255 e. The van der Waals surface area contributed by atoms with E-state index in [0.29, 0.717) is 5.56 Å². The number of nitrogens with zero attached hydrogens (tertiary/aromatic N) is 3. The topological polar surface area (TPSA) is 49.6 Å². The van der Waals surface area contributed by atoms with Crippen LogP contribution in [-0.2, 0) is 6.54 Å². The lowest BCUT2D eigenvalue weighted by Crippen LogP contribution is -2.19. The van der Waals surface area contributed by atoms with Crippen molar-refractivity contribution in [2.45, 2.75) is 33.2 Å². The zero-order valence-corrected chi connectivity index (χ0v) is 19.6. The fourth-order valence-electron chi connectivity index (χ4n) is 4.39. The lowest BCUT2D eigenvalue weighted by Gasteiger charge is -2.17. The van der Waals surface area contributed by atoms with Crippen LogP contribution in [0.3, 0.4) is 0 Å². The molecule has 0 saturated carbocycles. The van der Waals surface area contributed by atoms with Gasteiger partial charge in [0.1, 0.15) is 11.3 Å². The Morgan fingerprint density at radius 1 is 1.00 bits per heavy atom. The third-order valence-electron chi connectivity index (χ3n) is 6.44. The van der Waals surface area contributed by atoms with E-state index in [9.17, 15) is 4.79 Å². The Labute approximate surface area is 200 Å². The highest BCUT2D eigenvalue weighted by Crippen LogP contribution is 2.20. The quantitative estimate of drug-likeness (QED) is 0.437. The average molecular weight is 449 g/mol. The summed E-state index contributed by atoms with van der Waals surface area (Å²) < 4.78 is 1.95. The van der Waals surface area contributed by atoms with Crippen LogP contribution in [0.4, 0.5) is 5.69 Å². The maximum absolute atomic E-state index is 13.0. The molecule has 0 unspecified atom stereocenters. The van der Waals surface area contributed by atoms with Crippen LogP contribution < -0.4 is 5.32 Å². The molecule has 1 N–H and O–H groups in total. The van der Waals surface area contributed by atoms with E-state index < -0.39 is 0 Å². The molecule has 0 radical (unpaired) electrons. The normalized spacial score (nSPS) is 13.6. The highest BCUT2D eigenvalue weighted by atomic mass is 16.1. The van der Waals surface area contributed by atoms with E-state index in [2.05, 4.69) is 46.1 Å². The second-order valence-electron chi connectivity index (χ2n) is 8.93. The van der Waals surface area contributed by atoms with Gasteiger partial charge in [0.2, 0.25) is 0 Å². The minimum absolute atomic E-state index is 0.135. The van der Waals surface area contributed by atoms with Gasteiger partial charge in [-0.3, -0.25) is 14.1 Å². The molecule has 1 aliphatic heterocycles. The molecular weight excluding hydrogens is 420 g/mol. The number of hydrogen-bond acceptors (Lipinski definition) is 3. The van der Waals surface area contributed by atoms with Crippen LogP contribution in [0.1, 0.15) is 51.1 Å². The molecule has 4 aromatic rings. The molecule has 0 atom stereocenters. The molecular formula is C29H28N4O. The van der Waals surface area contributed by atoms with Gasteiger partial charge in [0.15, 0.2) is 0 Å². The van der Waals surface area contributed by atoms with Gasteiger partial charge in [-0.1, -0.05) is 24.1 Å². The van der Waals surface area contributed by atoms with Gasteiger partial charge >= 0.3 is 0 Å². The van der Waals surface area contributed by atoms with Crippen molar-refractivity contribution in [1.82, 2.24) is 14.3 Å². The van der Waals surface area contributed by atoms with E-state index in [1.54, 1.807) is 6.20 Å². The average Bonchev–Trinajstić information content (AvgIpc) is 3.50. The molecule has 1 fully saturated rings. The number of aromatic nitrogens is 2. The number of imidazole rings is 1. The van der Waals surface area contributed by atoms with Crippen LogP contribution in [0.25, 0.3) is 5.65 Å². The lowest BCUT2D eigenvalue weighted by molar-refractivity contribution is 0.102. The number of carbonyl (C=O) groups is 1. The smallest absolute Gasteiger partial charge is 0.255 e. The fourth-order valence-corrected chi connectivity index (χ4v) is 4.39. The fraction of sp³-hybridized carbons (Fsp3) is 0.241.